The van der Waals surface area contributed by atoms with E-state index in [1.807, 2.05) is 24.3 Å². The third kappa shape index (κ3) is 4.83. The van der Waals surface area contributed by atoms with Gasteiger partial charge in [-0.3, -0.25) is 14.5 Å². The number of rotatable bonds is 7. The molecule has 4 rings (SSSR count). The molecule has 2 aliphatic rings. The molecule has 2 heterocycles. The number of methoxy groups -OCH3 is 1. The number of para-hydroxylation sites is 1. The summed E-state index contributed by atoms with van der Waals surface area (Å²) in [4.78, 5) is 39.1. The zero-order valence-electron chi connectivity index (χ0n) is 19.7. The molecule has 2 aliphatic heterocycles. The van der Waals surface area contributed by atoms with E-state index in [1.54, 1.807) is 12.1 Å². The Labute approximate surface area is 213 Å². The highest BCUT2D eigenvalue weighted by Crippen LogP contribution is 2.48. The molecule has 35 heavy (non-hydrogen) atoms. The first-order valence-corrected chi connectivity index (χ1v) is 12.4. The van der Waals surface area contributed by atoms with Crippen molar-refractivity contribution in [2.45, 2.75) is 37.5 Å². The molecule has 1 amide bonds. The summed E-state index contributed by atoms with van der Waals surface area (Å²) in [7, 11) is 1.36. The van der Waals surface area contributed by atoms with Crippen LogP contribution in [0.2, 0.25) is 0 Å². The number of anilines is 1. The van der Waals surface area contributed by atoms with Crippen LogP contribution in [0.1, 0.15) is 41.8 Å². The Hall–Kier alpha value is -3.17. The van der Waals surface area contributed by atoms with Crippen LogP contribution in [-0.2, 0) is 26.3 Å². The fourth-order valence-corrected chi connectivity index (χ4v) is 6.02. The predicted octanol–water partition coefficient (Wildman–Crippen LogP) is 4.36. The predicted molar refractivity (Wildman–Crippen MR) is 139 cm³/mol. The lowest BCUT2D eigenvalue weighted by molar-refractivity contribution is -0.141. The van der Waals surface area contributed by atoms with Crippen LogP contribution in [-0.4, -0.2) is 51.1 Å². The minimum Gasteiger partial charge on any atom is -0.480 e. The van der Waals surface area contributed by atoms with Crippen molar-refractivity contribution in [1.82, 2.24) is 4.90 Å². The van der Waals surface area contributed by atoms with Crippen molar-refractivity contribution in [2.24, 2.45) is 0 Å². The number of carbonyl (C=O) groups excluding carboxylic acids is 2. The van der Waals surface area contributed by atoms with E-state index in [2.05, 4.69) is 37.0 Å². The van der Waals surface area contributed by atoms with Gasteiger partial charge in [0.15, 0.2) is 0 Å². The van der Waals surface area contributed by atoms with Gasteiger partial charge in [-0.25, -0.2) is 4.79 Å². The first kappa shape index (κ1) is 24.9. The number of carbonyl (C=O) groups is 3. The number of amides is 1. The highest BCUT2D eigenvalue weighted by Gasteiger charge is 2.41. The largest absolute Gasteiger partial charge is 0.480 e. The standard InChI is InChI=1S/C26H26N2O5S2/c1-26(2)18-6-4-5-7-19(18)27(14-16-8-10-17(11-9-16)24(32)33-3)21(26)13-12-20-23(31)28(15-22(29)30)25(34)35-20/h4-11,13,20H,12,14-15H2,1-3H3,(H,29,30)/b21-13+. The summed E-state index contributed by atoms with van der Waals surface area (Å²) in [6.45, 7) is 4.48. The zero-order valence-corrected chi connectivity index (χ0v) is 21.3. The summed E-state index contributed by atoms with van der Waals surface area (Å²) in [6, 6.07) is 15.6. The second-order valence-corrected chi connectivity index (χ2v) is 10.8. The van der Waals surface area contributed by atoms with Gasteiger partial charge in [-0.15, -0.1) is 0 Å². The second kappa shape index (κ2) is 9.83. The van der Waals surface area contributed by atoms with E-state index in [0.717, 1.165) is 16.9 Å². The molecule has 0 aliphatic carbocycles. The summed E-state index contributed by atoms with van der Waals surface area (Å²) >= 11 is 6.49. The van der Waals surface area contributed by atoms with Crippen LogP contribution in [0.3, 0.4) is 0 Å². The molecular weight excluding hydrogens is 484 g/mol. The van der Waals surface area contributed by atoms with Crippen molar-refractivity contribution in [3.05, 3.63) is 77.0 Å². The zero-order chi connectivity index (χ0) is 25.3. The van der Waals surface area contributed by atoms with E-state index in [4.69, 9.17) is 22.1 Å². The molecule has 1 fully saturated rings. The first-order valence-electron chi connectivity index (χ1n) is 11.1. The van der Waals surface area contributed by atoms with E-state index in [-0.39, 0.29) is 17.3 Å². The smallest absolute Gasteiger partial charge is 0.337 e. The molecule has 9 heteroatoms. The van der Waals surface area contributed by atoms with E-state index in [1.165, 1.54) is 29.3 Å². The fraction of sp³-hybridized carbons (Fsp3) is 0.308. The Kier molecular flexibility index (Phi) is 7.00. The number of hydrogen-bond donors (Lipinski definition) is 1. The van der Waals surface area contributed by atoms with Crippen LogP contribution in [0.5, 0.6) is 0 Å². The number of hydrogen-bond acceptors (Lipinski definition) is 7. The number of benzene rings is 2. The van der Waals surface area contributed by atoms with Crippen LogP contribution < -0.4 is 4.90 Å². The fourth-order valence-electron chi connectivity index (χ4n) is 4.57. The molecule has 182 valence electrons. The molecule has 0 aromatic heterocycles. The van der Waals surface area contributed by atoms with Gasteiger partial charge in [-0.05, 0) is 35.7 Å². The molecule has 0 bridgehead atoms. The summed E-state index contributed by atoms with van der Waals surface area (Å²) < 4.78 is 5.10. The summed E-state index contributed by atoms with van der Waals surface area (Å²) in [5, 5.41) is 8.65. The van der Waals surface area contributed by atoms with Crippen molar-refractivity contribution in [3.8, 4) is 0 Å². The van der Waals surface area contributed by atoms with Gasteiger partial charge in [-0.2, -0.15) is 0 Å². The normalized spacial score (nSPS) is 19.9. The van der Waals surface area contributed by atoms with Crippen molar-refractivity contribution >= 4 is 51.8 Å². The molecule has 1 saturated heterocycles. The van der Waals surface area contributed by atoms with Crippen molar-refractivity contribution in [2.75, 3.05) is 18.6 Å². The number of thioether (sulfide) groups is 1. The number of carboxylic acid groups (broad SMARTS) is 1. The Balaban J connectivity index is 1.62. The summed E-state index contributed by atoms with van der Waals surface area (Å²) in [5.41, 5.74) is 4.56. The van der Waals surface area contributed by atoms with Crippen LogP contribution in [0, 0.1) is 0 Å². The maximum atomic E-state index is 12.8. The van der Waals surface area contributed by atoms with Gasteiger partial charge in [-0.1, -0.05) is 74.2 Å². The van der Waals surface area contributed by atoms with Crippen LogP contribution in [0.25, 0.3) is 0 Å². The number of fused-ring (bicyclic) bond motifs is 1. The molecule has 0 radical (unpaired) electrons. The highest BCUT2D eigenvalue weighted by atomic mass is 32.2. The SMILES string of the molecule is COC(=O)c1ccc(CN2/C(=C/CC3SC(=S)N(CC(=O)O)C3=O)C(C)(C)c3ccccc32)cc1. The molecule has 1 N–H and O–H groups in total. The van der Waals surface area contributed by atoms with Crippen molar-refractivity contribution in [1.29, 1.82) is 0 Å². The Morgan fingerprint density at radius 2 is 1.83 bits per heavy atom. The van der Waals surface area contributed by atoms with Crippen LogP contribution >= 0.6 is 24.0 Å². The van der Waals surface area contributed by atoms with Gasteiger partial charge in [0.2, 0.25) is 5.91 Å². The molecule has 0 saturated carbocycles. The third-order valence-corrected chi connectivity index (χ3v) is 7.95. The second-order valence-electron chi connectivity index (χ2n) is 8.93. The molecule has 1 atom stereocenters. The molecule has 0 spiro atoms. The van der Waals surface area contributed by atoms with Gasteiger partial charge in [0.1, 0.15) is 10.9 Å². The number of thiocarbonyl (C=S) groups is 1. The average Bonchev–Trinajstić information content (AvgIpc) is 3.21. The maximum absolute atomic E-state index is 12.8. The molecule has 2 aromatic carbocycles. The lowest BCUT2D eigenvalue weighted by Gasteiger charge is -2.28. The highest BCUT2D eigenvalue weighted by molar-refractivity contribution is 8.24. The van der Waals surface area contributed by atoms with Crippen LogP contribution in [0.4, 0.5) is 5.69 Å². The Morgan fingerprint density at radius 1 is 1.14 bits per heavy atom. The van der Waals surface area contributed by atoms with E-state index in [9.17, 15) is 14.4 Å². The summed E-state index contributed by atoms with van der Waals surface area (Å²) in [6.07, 6.45) is 2.51. The maximum Gasteiger partial charge on any atom is 0.337 e. The first-order chi connectivity index (χ1) is 16.6. The average molecular weight is 511 g/mol. The minimum absolute atomic E-state index is 0.266. The third-order valence-electron chi connectivity index (χ3n) is 6.34. The number of aliphatic carboxylic acids is 1. The van der Waals surface area contributed by atoms with Crippen LogP contribution in [0.15, 0.2) is 60.3 Å². The number of allylic oxidation sites excluding steroid dienone is 2. The minimum atomic E-state index is -1.09. The number of carboxylic acids is 1. The van der Waals surface area contributed by atoms with Gasteiger partial charge in [0.05, 0.1) is 17.9 Å². The van der Waals surface area contributed by atoms with E-state index in [0.29, 0.717) is 22.8 Å². The van der Waals surface area contributed by atoms with Crippen molar-refractivity contribution in [3.63, 3.8) is 0 Å². The molecule has 1 unspecified atom stereocenters. The van der Waals surface area contributed by atoms with Gasteiger partial charge >= 0.3 is 11.9 Å². The quantitative estimate of drug-likeness (QED) is 0.434. The Morgan fingerprint density at radius 3 is 2.49 bits per heavy atom. The molecule has 7 nitrogen and oxygen atoms in total. The van der Waals surface area contributed by atoms with Crippen molar-refractivity contribution < 1.29 is 24.2 Å². The number of ether oxygens (including phenoxy) is 1. The van der Waals surface area contributed by atoms with E-state index >= 15 is 0 Å². The summed E-state index contributed by atoms with van der Waals surface area (Å²) in [5.74, 6) is -1.73. The lowest BCUT2D eigenvalue weighted by Crippen LogP contribution is -2.35. The number of nitrogens with zero attached hydrogens (tertiary/aromatic N) is 2. The van der Waals surface area contributed by atoms with Gasteiger partial charge in [0.25, 0.3) is 0 Å². The van der Waals surface area contributed by atoms with Gasteiger partial charge < -0.3 is 14.7 Å². The molecular formula is C26H26N2O5S2. The van der Waals surface area contributed by atoms with E-state index < -0.39 is 17.8 Å². The number of esters is 1. The monoisotopic (exact) mass is 510 g/mol. The Bertz CT molecular complexity index is 1220. The molecule has 2 aromatic rings. The van der Waals surface area contributed by atoms with Gasteiger partial charge in [0, 0.05) is 23.3 Å². The lowest BCUT2D eigenvalue weighted by atomic mass is 9.83. The topological polar surface area (TPSA) is 87.2 Å².